The van der Waals surface area contributed by atoms with Crippen LogP contribution in [0.4, 0.5) is 14.5 Å². The molecular weight excluding hydrogens is 444 g/mol. The summed E-state index contributed by atoms with van der Waals surface area (Å²) in [6, 6.07) is 13.2. The van der Waals surface area contributed by atoms with E-state index in [-0.39, 0.29) is 16.3 Å². The number of carbonyl (C=O) groups is 2. The van der Waals surface area contributed by atoms with Crippen LogP contribution < -0.4 is 10.6 Å². The lowest BCUT2D eigenvalue weighted by atomic mass is 9.96. The molecule has 0 spiro atoms. The van der Waals surface area contributed by atoms with Crippen molar-refractivity contribution in [3.05, 3.63) is 93.6 Å². The molecule has 0 radical (unpaired) electrons. The first-order valence-corrected chi connectivity index (χ1v) is 10.3. The van der Waals surface area contributed by atoms with Gasteiger partial charge in [0.25, 0.3) is 11.8 Å². The number of hydrogen-bond acceptors (Lipinski definition) is 4. The van der Waals surface area contributed by atoms with Crippen LogP contribution in [0.3, 0.4) is 0 Å². The molecule has 154 valence electrons. The zero-order valence-corrected chi connectivity index (χ0v) is 17.2. The van der Waals surface area contributed by atoms with Gasteiger partial charge in [0.05, 0.1) is 10.7 Å². The summed E-state index contributed by atoms with van der Waals surface area (Å²) in [5.74, 6) is -3.02. The van der Waals surface area contributed by atoms with E-state index in [1.165, 1.54) is 11.5 Å². The van der Waals surface area contributed by atoms with Gasteiger partial charge in [-0.05, 0) is 41.9 Å². The van der Waals surface area contributed by atoms with Crippen molar-refractivity contribution in [1.82, 2.24) is 9.69 Å². The lowest BCUT2D eigenvalue weighted by Gasteiger charge is -2.18. The molecule has 5 rings (SSSR count). The van der Waals surface area contributed by atoms with Crippen molar-refractivity contribution in [2.75, 3.05) is 5.32 Å². The molecule has 3 aromatic carbocycles. The number of nitrogens with one attached hydrogen (secondary N) is 2. The average Bonchev–Trinajstić information content (AvgIpc) is 3.33. The van der Waals surface area contributed by atoms with Crippen LogP contribution in [0.2, 0.25) is 5.02 Å². The van der Waals surface area contributed by atoms with Crippen LogP contribution in [0.1, 0.15) is 38.0 Å². The number of halogens is 3. The van der Waals surface area contributed by atoms with E-state index in [1.807, 2.05) is 18.2 Å². The minimum Gasteiger partial charge on any atom is -0.341 e. The summed E-state index contributed by atoms with van der Waals surface area (Å²) in [7, 11) is 0. The van der Waals surface area contributed by atoms with E-state index >= 15 is 0 Å². The van der Waals surface area contributed by atoms with Crippen LogP contribution in [0.5, 0.6) is 0 Å². The Labute approximate surface area is 183 Å². The van der Waals surface area contributed by atoms with Crippen molar-refractivity contribution in [3.8, 4) is 0 Å². The van der Waals surface area contributed by atoms with Gasteiger partial charge >= 0.3 is 0 Å². The highest BCUT2D eigenvalue weighted by atomic mass is 35.5. The molecular formula is C22H12ClF2N3O2S. The number of amides is 2. The smallest absolute Gasteiger partial charge is 0.276 e. The highest BCUT2D eigenvalue weighted by Crippen LogP contribution is 2.39. The summed E-state index contributed by atoms with van der Waals surface area (Å²) in [5, 5.41) is 6.21. The third-order valence-electron chi connectivity index (χ3n) is 5.11. The number of hydrogen-bond donors (Lipinski definition) is 2. The van der Waals surface area contributed by atoms with Crippen molar-refractivity contribution >= 4 is 50.7 Å². The SMILES string of the molecule is O=C1NC(c2cc(F)c(F)cc2Cl)c2c(NC(=O)c3nsc4ccccc34)cccc21. The number of carbonyl (C=O) groups excluding carboxylic acids is 2. The quantitative estimate of drug-likeness (QED) is 0.411. The van der Waals surface area contributed by atoms with Gasteiger partial charge in [0, 0.05) is 32.8 Å². The van der Waals surface area contributed by atoms with E-state index in [1.54, 1.807) is 24.3 Å². The standard InChI is InChI=1S/C22H12ClF2N3O2S/c23-13-9-15(25)14(24)8-12(13)19-18-11(21(29)27-19)5-3-6-16(18)26-22(30)20-10-4-1-2-7-17(10)31-28-20/h1-9,19H,(H,26,30)(H,27,29). The maximum absolute atomic E-state index is 13.9. The van der Waals surface area contributed by atoms with Gasteiger partial charge in [0.15, 0.2) is 11.6 Å². The molecule has 2 heterocycles. The van der Waals surface area contributed by atoms with Gasteiger partial charge in [0.2, 0.25) is 0 Å². The van der Waals surface area contributed by atoms with Crippen LogP contribution in [0.15, 0.2) is 54.6 Å². The fourth-order valence-corrected chi connectivity index (χ4v) is 4.72. The third-order valence-corrected chi connectivity index (χ3v) is 6.26. The first-order chi connectivity index (χ1) is 14.9. The van der Waals surface area contributed by atoms with Crippen molar-refractivity contribution in [2.24, 2.45) is 0 Å². The molecule has 1 unspecified atom stereocenters. The number of benzene rings is 3. The Hall–Kier alpha value is -3.36. The highest BCUT2D eigenvalue weighted by Gasteiger charge is 2.34. The monoisotopic (exact) mass is 455 g/mol. The normalized spacial score (nSPS) is 15.1. The summed E-state index contributed by atoms with van der Waals surface area (Å²) in [5.41, 5.74) is 1.54. The van der Waals surface area contributed by atoms with Gasteiger partial charge in [0.1, 0.15) is 5.69 Å². The van der Waals surface area contributed by atoms with Crippen molar-refractivity contribution in [2.45, 2.75) is 6.04 Å². The molecule has 1 aliphatic heterocycles. The molecule has 0 fully saturated rings. The largest absolute Gasteiger partial charge is 0.341 e. The summed E-state index contributed by atoms with van der Waals surface area (Å²) in [6.07, 6.45) is 0. The fraction of sp³-hybridized carbons (Fsp3) is 0.0455. The summed E-state index contributed by atoms with van der Waals surface area (Å²) >= 11 is 7.36. The van der Waals surface area contributed by atoms with Gasteiger partial charge in [-0.2, -0.15) is 4.37 Å². The van der Waals surface area contributed by atoms with Gasteiger partial charge in [-0.1, -0.05) is 35.9 Å². The second-order valence-electron chi connectivity index (χ2n) is 6.94. The van der Waals surface area contributed by atoms with Crippen LogP contribution in [0.25, 0.3) is 10.1 Å². The summed E-state index contributed by atoms with van der Waals surface area (Å²) in [4.78, 5) is 25.5. The van der Waals surface area contributed by atoms with E-state index < -0.39 is 29.5 Å². The highest BCUT2D eigenvalue weighted by molar-refractivity contribution is 7.13. The predicted molar refractivity (Wildman–Crippen MR) is 115 cm³/mol. The number of anilines is 1. The van der Waals surface area contributed by atoms with E-state index in [0.29, 0.717) is 22.2 Å². The Morgan fingerprint density at radius 2 is 1.87 bits per heavy atom. The molecule has 1 aliphatic rings. The minimum absolute atomic E-state index is 0.0383. The minimum atomic E-state index is -1.09. The summed E-state index contributed by atoms with van der Waals surface area (Å²) in [6.45, 7) is 0. The maximum Gasteiger partial charge on any atom is 0.276 e. The van der Waals surface area contributed by atoms with E-state index in [2.05, 4.69) is 15.0 Å². The third kappa shape index (κ3) is 3.24. The van der Waals surface area contributed by atoms with E-state index in [4.69, 9.17) is 11.6 Å². The van der Waals surface area contributed by atoms with Gasteiger partial charge in [-0.25, -0.2) is 8.78 Å². The average molecular weight is 456 g/mol. The van der Waals surface area contributed by atoms with Crippen LogP contribution in [-0.2, 0) is 0 Å². The Morgan fingerprint density at radius 3 is 2.71 bits per heavy atom. The molecule has 2 amide bonds. The summed E-state index contributed by atoms with van der Waals surface area (Å²) < 4.78 is 32.6. The van der Waals surface area contributed by atoms with E-state index in [0.717, 1.165) is 16.8 Å². The van der Waals surface area contributed by atoms with Crippen LogP contribution in [0, 0.1) is 11.6 Å². The van der Waals surface area contributed by atoms with Crippen molar-refractivity contribution in [1.29, 1.82) is 0 Å². The Bertz CT molecular complexity index is 1390. The number of fused-ring (bicyclic) bond motifs is 2. The molecule has 4 aromatic rings. The molecule has 0 saturated heterocycles. The molecule has 0 aliphatic carbocycles. The molecule has 5 nitrogen and oxygen atoms in total. The molecule has 9 heteroatoms. The first kappa shape index (κ1) is 19.6. The zero-order chi connectivity index (χ0) is 21.7. The number of rotatable bonds is 3. The number of nitrogens with zero attached hydrogens (tertiary/aromatic N) is 1. The molecule has 0 saturated carbocycles. The van der Waals surface area contributed by atoms with Crippen molar-refractivity contribution < 1.29 is 18.4 Å². The molecule has 1 aromatic heterocycles. The van der Waals surface area contributed by atoms with Gasteiger partial charge in [-0.15, -0.1) is 0 Å². The van der Waals surface area contributed by atoms with Crippen LogP contribution in [-0.4, -0.2) is 16.2 Å². The Kier molecular flexibility index (Phi) is 4.68. The lowest BCUT2D eigenvalue weighted by Crippen LogP contribution is -2.21. The fourth-order valence-electron chi connectivity index (χ4n) is 3.69. The second-order valence-corrected chi connectivity index (χ2v) is 8.15. The molecule has 31 heavy (non-hydrogen) atoms. The topological polar surface area (TPSA) is 71.1 Å². The molecule has 1 atom stereocenters. The first-order valence-electron chi connectivity index (χ1n) is 9.18. The Morgan fingerprint density at radius 1 is 1.10 bits per heavy atom. The number of aromatic nitrogens is 1. The molecule has 2 N–H and O–H groups in total. The lowest BCUT2D eigenvalue weighted by molar-refractivity contribution is 0.0959. The van der Waals surface area contributed by atoms with Crippen molar-refractivity contribution in [3.63, 3.8) is 0 Å². The second kappa shape index (κ2) is 7.40. The molecule has 0 bridgehead atoms. The Balaban J connectivity index is 1.58. The zero-order valence-electron chi connectivity index (χ0n) is 15.6. The van der Waals surface area contributed by atoms with E-state index in [9.17, 15) is 18.4 Å². The maximum atomic E-state index is 13.9. The van der Waals surface area contributed by atoms with Gasteiger partial charge < -0.3 is 10.6 Å². The van der Waals surface area contributed by atoms with Gasteiger partial charge in [-0.3, -0.25) is 9.59 Å². The predicted octanol–water partition coefficient (Wildman–Crippen LogP) is 5.31. The van der Waals surface area contributed by atoms with Crippen LogP contribution >= 0.6 is 23.1 Å².